The summed E-state index contributed by atoms with van der Waals surface area (Å²) in [5.41, 5.74) is 3.99. The summed E-state index contributed by atoms with van der Waals surface area (Å²) in [7, 11) is 1.67. The van der Waals surface area contributed by atoms with Crippen LogP contribution in [0.4, 0.5) is 11.6 Å². The number of aryl methyl sites for hydroxylation is 1. The van der Waals surface area contributed by atoms with Crippen molar-refractivity contribution in [2.45, 2.75) is 6.92 Å². The monoisotopic (exact) mass is 406 g/mol. The Balaban J connectivity index is 1.27. The van der Waals surface area contributed by atoms with Crippen molar-refractivity contribution in [3.8, 4) is 17.0 Å². The average Bonchev–Trinajstić information content (AvgIpc) is 3.23. The summed E-state index contributed by atoms with van der Waals surface area (Å²) in [5.74, 6) is 1.12. The standard InChI is InChI=1S/C23H26N4O3/c1-17-6-8-18(9-7-17)21-15-23(30-25-21)24-22(28)16-26-10-12-27(13-11-26)19-4-3-5-20(14-19)29-2/h3-9,14-15H,10-13,16H2,1-2H3,(H,24,28). The van der Waals surface area contributed by atoms with Gasteiger partial charge >= 0.3 is 0 Å². The zero-order valence-electron chi connectivity index (χ0n) is 17.3. The van der Waals surface area contributed by atoms with Gasteiger partial charge in [-0.05, 0) is 19.1 Å². The van der Waals surface area contributed by atoms with Crippen molar-refractivity contribution in [1.29, 1.82) is 0 Å². The van der Waals surface area contributed by atoms with Crippen LogP contribution in [0.5, 0.6) is 5.75 Å². The smallest absolute Gasteiger partial charge is 0.240 e. The molecule has 2 heterocycles. The van der Waals surface area contributed by atoms with Crippen molar-refractivity contribution >= 4 is 17.5 Å². The highest BCUT2D eigenvalue weighted by Gasteiger charge is 2.20. The third-order valence-electron chi connectivity index (χ3n) is 5.28. The van der Waals surface area contributed by atoms with Crippen molar-refractivity contribution in [2.75, 3.05) is 50.1 Å². The van der Waals surface area contributed by atoms with Crippen molar-refractivity contribution in [3.05, 3.63) is 60.2 Å². The van der Waals surface area contributed by atoms with Crippen molar-refractivity contribution in [1.82, 2.24) is 10.1 Å². The summed E-state index contributed by atoms with van der Waals surface area (Å²) in [6.45, 7) is 5.72. The molecule has 7 nitrogen and oxygen atoms in total. The molecular formula is C23H26N4O3. The Labute approximate surface area is 176 Å². The Morgan fingerprint density at radius 1 is 1.10 bits per heavy atom. The zero-order valence-corrected chi connectivity index (χ0v) is 17.3. The summed E-state index contributed by atoms with van der Waals surface area (Å²) in [5, 5.41) is 6.86. The van der Waals surface area contributed by atoms with Gasteiger partial charge < -0.3 is 14.2 Å². The number of rotatable bonds is 6. The lowest BCUT2D eigenvalue weighted by Gasteiger charge is -2.35. The maximum Gasteiger partial charge on any atom is 0.240 e. The first kappa shape index (κ1) is 20.0. The minimum absolute atomic E-state index is 0.101. The number of aromatic nitrogens is 1. The van der Waals surface area contributed by atoms with Gasteiger partial charge in [0.1, 0.15) is 11.4 Å². The molecule has 1 aliphatic heterocycles. The lowest BCUT2D eigenvalue weighted by Crippen LogP contribution is -2.48. The van der Waals surface area contributed by atoms with Gasteiger partial charge in [-0.1, -0.05) is 41.1 Å². The molecule has 1 fully saturated rings. The van der Waals surface area contributed by atoms with E-state index in [1.165, 1.54) is 5.56 Å². The number of methoxy groups -OCH3 is 1. The Kier molecular flexibility index (Phi) is 5.99. The van der Waals surface area contributed by atoms with Gasteiger partial charge in [-0.15, -0.1) is 0 Å². The van der Waals surface area contributed by atoms with E-state index in [0.29, 0.717) is 18.1 Å². The fourth-order valence-corrected chi connectivity index (χ4v) is 3.55. The van der Waals surface area contributed by atoms with Gasteiger partial charge in [0.15, 0.2) is 0 Å². The predicted molar refractivity (Wildman–Crippen MR) is 117 cm³/mol. The lowest BCUT2D eigenvalue weighted by atomic mass is 10.1. The van der Waals surface area contributed by atoms with Crippen molar-refractivity contribution < 1.29 is 14.1 Å². The molecule has 0 saturated carbocycles. The highest BCUT2D eigenvalue weighted by atomic mass is 16.5. The molecule has 1 aliphatic rings. The van der Waals surface area contributed by atoms with Crippen LogP contribution in [0, 0.1) is 6.92 Å². The number of amides is 1. The fourth-order valence-electron chi connectivity index (χ4n) is 3.55. The quantitative estimate of drug-likeness (QED) is 0.676. The minimum atomic E-state index is -0.101. The summed E-state index contributed by atoms with van der Waals surface area (Å²) >= 11 is 0. The Hall–Kier alpha value is -3.32. The molecule has 2 aromatic carbocycles. The number of piperazine rings is 1. The van der Waals surface area contributed by atoms with Gasteiger partial charge in [0.25, 0.3) is 0 Å². The Bertz CT molecular complexity index is 992. The molecule has 156 valence electrons. The van der Waals surface area contributed by atoms with E-state index < -0.39 is 0 Å². The number of nitrogens with one attached hydrogen (secondary N) is 1. The molecule has 1 saturated heterocycles. The van der Waals surface area contributed by atoms with Crippen LogP contribution in [-0.4, -0.2) is 55.8 Å². The first-order valence-corrected chi connectivity index (χ1v) is 10.1. The van der Waals surface area contributed by atoms with E-state index in [1.54, 1.807) is 13.2 Å². The molecule has 4 rings (SSSR count). The molecule has 0 atom stereocenters. The maximum atomic E-state index is 12.4. The van der Waals surface area contributed by atoms with Crippen LogP contribution in [-0.2, 0) is 4.79 Å². The van der Waals surface area contributed by atoms with Gasteiger partial charge in [0.2, 0.25) is 11.8 Å². The fraction of sp³-hybridized carbons (Fsp3) is 0.304. The molecule has 0 aliphatic carbocycles. The topological polar surface area (TPSA) is 70.8 Å². The first-order valence-electron chi connectivity index (χ1n) is 10.1. The number of carbonyl (C=O) groups is 1. The van der Waals surface area contributed by atoms with Crippen LogP contribution in [0.1, 0.15) is 5.56 Å². The third-order valence-corrected chi connectivity index (χ3v) is 5.28. The first-order chi connectivity index (χ1) is 14.6. The molecule has 7 heteroatoms. The summed E-state index contributed by atoms with van der Waals surface area (Å²) in [6, 6.07) is 17.8. The molecule has 3 aromatic rings. The van der Waals surface area contributed by atoms with Crippen LogP contribution in [0.15, 0.2) is 59.1 Å². The van der Waals surface area contributed by atoms with Crippen molar-refractivity contribution in [3.63, 3.8) is 0 Å². The zero-order chi connectivity index (χ0) is 20.9. The Morgan fingerprint density at radius 2 is 1.87 bits per heavy atom. The van der Waals surface area contributed by atoms with Gasteiger partial charge in [-0.2, -0.15) is 0 Å². The van der Waals surface area contributed by atoms with Gasteiger partial charge in [-0.25, -0.2) is 0 Å². The number of benzene rings is 2. The second-order valence-corrected chi connectivity index (χ2v) is 7.46. The van der Waals surface area contributed by atoms with Crippen LogP contribution in [0.25, 0.3) is 11.3 Å². The number of carbonyl (C=O) groups excluding carboxylic acids is 1. The number of anilines is 2. The van der Waals surface area contributed by atoms with Crippen LogP contribution >= 0.6 is 0 Å². The van der Waals surface area contributed by atoms with Gasteiger partial charge in [-0.3, -0.25) is 15.0 Å². The summed E-state index contributed by atoms with van der Waals surface area (Å²) in [4.78, 5) is 16.9. The molecule has 0 unspecified atom stereocenters. The molecule has 0 spiro atoms. The van der Waals surface area contributed by atoms with E-state index in [1.807, 2.05) is 49.4 Å². The molecule has 1 amide bonds. The average molecular weight is 406 g/mol. The number of hydrogen-bond acceptors (Lipinski definition) is 6. The van der Waals surface area contributed by atoms with Crippen LogP contribution in [0.3, 0.4) is 0 Å². The largest absolute Gasteiger partial charge is 0.497 e. The van der Waals surface area contributed by atoms with E-state index in [2.05, 4.69) is 26.3 Å². The molecule has 0 bridgehead atoms. The van der Waals surface area contributed by atoms with E-state index in [9.17, 15) is 4.79 Å². The molecule has 30 heavy (non-hydrogen) atoms. The minimum Gasteiger partial charge on any atom is -0.497 e. The van der Waals surface area contributed by atoms with Gasteiger partial charge in [0, 0.05) is 49.6 Å². The highest BCUT2D eigenvalue weighted by Crippen LogP contribution is 2.23. The number of ether oxygens (including phenoxy) is 1. The molecular weight excluding hydrogens is 380 g/mol. The molecule has 0 radical (unpaired) electrons. The summed E-state index contributed by atoms with van der Waals surface area (Å²) < 4.78 is 10.6. The van der Waals surface area contributed by atoms with Crippen LogP contribution < -0.4 is 15.0 Å². The Morgan fingerprint density at radius 3 is 2.60 bits per heavy atom. The van der Waals surface area contributed by atoms with E-state index in [-0.39, 0.29) is 5.91 Å². The molecule has 1 aromatic heterocycles. The normalized spacial score (nSPS) is 14.5. The number of nitrogens with zero attached hydrogens (tertiary/aromatic N) is 3. The lowest BCUT2D eigenvalue weighted by molar-refractivity contribution is -0.117. The molecule has 1 N–H and O–H groups in total. The SMILES string of the molecule is COc1cccc(N2CCN(CC(=O)Nc3cc(-c4ccc(C)cc4)no3)CC2)c1. The predicted octanol–water partition coefficient (Wildman–Crippen LogP) is 3.42. The van der Waals surface area contributed by atoms with E-state index in [0.717, 1.165) is 43.2 Å². The van der Waals surface area contributed by atoms with Crippen LogP contribution in [0.2, 0.25) is 0 Å². The highest BCUT2D eigenvalue weighted by molar-refractivity contribution is 5.91. The van der Waals surface area contributed by atoms with Gasteiger partial charge in [0.05, 0.1) is 13.7 Å². The third kappa shape index (κ3) is 4.80. The second kappa shape index (κ2) is 9.00. The van der Waals surface area contributed by atoms with Crippen molar-refractivity contribution in [2.24, 2.45) is 0 Å². The van der Waals surface area contributed by atoms with E-state index >= 15 is 0 Å². The summed E-state index contributed by atoms with van der Waals surface area (Å²) in [6.07, 6.45) is 0. The number of hydrogen-bond donors (Lipinski definition) is 1. The maximum absolute atomic E-state index is 12.4. The second-order valence-electron chi connectivity index (χ2n) is 7.46. The van der Waals surface area contributed by atoms with E-state index in [4.69, 9.17) is 9.26 Å².